The van der Waals surface area contributed by atoms with Crippen LogP contribution in [-0.2, 0) is 12.0 Å². The van der Waals surface area contributed by atoms with Crippen molar-refractivity contribution >= 4 is 0 Å². The molecule has 0 aliphatic rings. The standard InChI is InChI=1S/C12H20N2O/c1-4-9-6-7-10(11(15)8-9)12(3,5-2)14-13/h6-8,14-15H,4-5,13H2,1-3H3. The van der Waals surface area contributed by atoms with Crippen molar-refractivity contribution in [2.45, 2.75) is 39.2 Å². The third kappa shape index (κ3) is 2.30. The number of hydrazine groups is 1. The van der Waals surface area contributed by atoms with E-state index in [2.05, 4.69) is 12.3 Å². The third-order valence-electron chi connectivity index (χ3n) is 3.09. The molecule has 0 fully saturated rings. The maximum Gasteiger partial charge on any atom is 0.120 e. The predicted molar refractivity (Wildman–Crippen MR) is 62.5 cm³/mol. The summed E-state index contributed by atoms with van der Waals surface area (Å²) in [6.07, 6.45) is 1.75. The second kappa shape index (κ2) is 4.64. The van der Waals surface area contributed by atoms with E-state index in [9.17, 15) is 5.11 Å². The highest BCUT2D eigenvalue weighted by molar-refractivity contribution is 5.40. The Morgan fingerprint density at radius 3 is 2.47 bits per heavy atom. The van der Waals surface area contributed by atoms with E-state index in [4.69, 9.17) is 5.84 Å². The molecular formula is C12H20N2O. The van der Waals surface area contributed by atoms with Gasteiger partial charge in [0.25, 0.3) is 0 Å². The first-order valence-corrected chi connectivity index (χ1v) is 5.37. The van der Waals surface area contributed by atoms with Crippen LogP contribution in [0.2, 0.25) is 0 Å². The summed E-state index contributed by atoms with van der Waals surface area (Å²) >= 11 is 0. The number of hydrogen-bond acceptors (Lipinski definition) is 3. The first-order chi connectivity index (χ1) is 7.07. The average molecular weight is 208 g/mol. The molecule has 4 N–H and O–H groups in total. The fourth-order valence-electron chi connectivity index (χ4n) is 1.63. The molecule has 0 spiro atoms. The summed E-state index contributed by atoms with van der Waals surface area (Å²) < 4.78 is 0. The molecule has 0 saturated heterocycles. The van der Waals surface area contributed by atoms with Gasteiger partial charge in [-0.25, -0.2) is 0 Å². The van der Waals surface area contributed by atoms with Gasteiger partial charge in [-0.2, -0.15) is 0 Å². The van der Waals surface area contributed by atoms with Gasteiger partial charge in [0.1, 0.15) is 5.75 Å². The molecule has 0 aliphatic heterocycles. The normalized spacial score (nSPS) is 14.9. The zero-order valence-electron chi connectivity index (χ0n) is 9.67. The van der Waals surface area contributed by atoms with Gasteiger partial charge in [-0.3, -0.25) is 11.3 Å². The van der Waals surface area contributed by atoms with Gasteiger partial charge in [0.2, 0.25) is 0 Å². The van der Waals surface area contributed by atoms with Gasteiger partial charge in [-0.15, -0.1) is 0 Å². The number of hydrogen-bond donors (Lipinski definition) is 3. The summed E-state index contributed by atoms with van der Waals surface area (Å²) in [6.45, 7) is 6.08. The van der Waals surface area contributed by atoms with Crippen molar-refractivity contribution in [3.05, 3.63) is 29.3 Å². The molecule has 1 aromatic carbocycles. The number of nitrogens with two attached hydrogens (primary N) is 1. The minimum atomic E-state index is -0.365. The van der Waals surface area contributed by atoms with E-state index >= 15 is 0 Å². The molecule has 0 radical (unpaired) electrons. The Morgan fingerprint density at radius 2 is 2.07 bits per heavy atom. The van der Waals surface area contributed by atoms with E-state index in [0.717, 1.165) is 24.0 Å². The summed E-state index contributed by atoms with van der Waals surface area (Å²) in [6, 6.07) is 5.78. The largest absolute Gasteiger partial charge is 0.508 e. The maximum absolute atomic E-state index is 9.92. The second-order valence-corrected chi connectivity index (χ2v) is 4.04. The molecule has 1 aromatic rings. The van der Waals surface area contributed by atoms with Gasteiger partial charge < -0.3 is 5.11 Å². The van der Waals surface area contributed by atoms with E-state index in [0.29, 0.717) is 5.75 Å². The maximum atomic E-state index is 9.92. The van der Waals surface area contributed by atoms with Crippen LogP contribution < -0.4 is 11.3 Å². The molecule has 0 aromatic heterocycles. The zero-order chi connectivity index (χ0) is 11.5. The predicted octanol–water partition coefficient (Wildman–Crippen LogP) is 2.04. The Morgan fingerprint density at radius 1 is 1.40 bits per heavy atom. The summed E-state index contributed by atoms with van der Waals surface area (Å²) in [7, 11) is 0. The molecule has 1 atom stereocenters. The summed E-state index contributed by atoms with van der Waals surface area (Å²) in [5, 5.41) is 9.92. The lowest BCUT2D eigenvalue weighted by molar-refractivity contribution is 0.342. The third-order valence-corrected chi connectivity index (χ3v) is 3.09. The van der Waals surface area contributed by atoms with Crippen LogP contribution >= 0.6 is 0 Å². The van der Waals surface area contributed by atoms with Crippen molar-refractivity contribution in [2.75, 3.05) is 0 Å². The highest BCUT2D eigenvalue weighted by Gasteiger charge is 2.25. The van der Waals surface area contributed by atoms with E-state index in [1.54, 1.807) is 6.07 Å². The number of rotatable bonds is 4. The minimum Gasteiger partial charge on any atom is -0.508 e. The van der Waals surface area contributed by atoms with Crippen molar-refractivity contribution in [1.29, 1.82) is 0 Å². The summed E-state index contributed by atoms with van der Waals surface area (Å²) in [5.41, 5.74) is 4.38. The van der Waals surface area contributed by atoms with Gasteiger partial charge in [0.05, 0.1) is 5.54 Å². The van der Waals surface area contributed by atoms with Crippen LogP contribution in [0.15, 0.2) is 18.2 Å². The lowest BCUT2D eigenvalue weighted by Gasteiger charge is -2.28. The van der Waals surface area contributed by atoms with Gasteiger partial charge in [0.15, 0.2) is 0 Å². The Hall–Kier alpha value is -1.06. The Balaban J connectivity index is 3.14. The number of phenols is 1. The molecule has 0 bridgehead atoms. The van der Waals surface area contributed by atoms with Crippen molar-refractivity contribution < 1.29 is 5.11 Å². The van der Waals surface area contributed by atoms with Gasteiger partial charge in [0, 0.05) is 5.56 Å². The monoisotopic (exact) mass is 208 g/mol. The van der Waals surface area contributed by atoms with Crippen LogP contribution in [-0.4, -0.2) is 5.11 Å². The molecule has 3 nitrogen and oxygen atoms in total. The first kappa shape index (κ1) is 12.0. The van der Waals surface area contributed by atoms with Crippen molar-refractivity contribution in [1.82, 2.24) is 5.43 Å². The number of aromatic hydroxyl groups is 1. The zero-order valence-corrected chi connectivity index (χ0v) is 9.67. The highest BCUT2D eigenvalue weighted by atomic mass is 16.3. The number of aryl methyl sites for hydroxylation is 1. The topological polar surface area (TPSA) is 58.3 Å². The molecular weight excluding hydrogens is 188 g/mol. The molecule has 0 saturated carbocycles. The number of nitrogens with one attached hydrogen (secondary N) is 1. The smallest absolute Gasteiger partial charge is 0.120 e. The van der Waals surface area contributed by atoms with E-state index in [1.165, 1.54) is 0 Å². The average Bonchev–Trinajstić information content (AvgIpc) is 2.27. The highest BCUT2D eigenvalue weighted by Crippen LogP contribution is 2.31. The van der Waals surface area contributed by atoms with Crippen LogP contribution in [0.25, 0.3) is 0 Å². The second-order valence-electron chi connectivity index (χ2n) is 4.04. The molecule has 1 unspecified atom stereocenters. The molecule has 0 heterocycles. The lowest BCUT2D eigenvalue weighted by atomic mass is 9.88. The molecule has 0 aliphatic carbocycles. The first-order valence-electron chi connectivity index (χ1n) is 5.37. The number of phenolic OH excluding ortho intramolecular Hbond substituents is 1. The molecule has 15 heavy (non-hydrogen) atoms. The van der Waals surface area contributed by atoms with Crippen LogP contribution in [0.3, 0.4) is 0 Å². The fourth-order valence-corrected chi connectivity index (χ4v) is 1.63. The van der Waals surface area contributed by atoms with Crippen molar-refractivity contribution in [2.24, 2.45) is 5.84 Å². The Labute approximate surface area is 91.3 Å². The van der Waals surface area contributed by atoms with Gasteiger partial charge >= 0.3 is 0 Å². The summed E-state index contributed by atoms with van der Waals surface area (Å²) in [4.78, 5) is 0. The molecule has 3 heteroatoms. The quantitative estimate of drug-likeness (QED) is 0.524. The van der Waals surface area contributed by atoms with Crippen molar-refractivity contribution in [3.8, 4) is 5.75 Å². The van der Waals surface area contributed by atoms with Crippen molar-refractivity contribution in [3.63, 3.8) is 0 Å². The van der Waals surface area contributed by atoms with E-state index in [1.807, 2.05) is 26.0 Å². The van der Waals surface area contributed by atoms with Crippen LogP contribution in [0.1, 0.15) is 38.3 Å². The Bertz CT molecular complexity index is 332. The van der Waals surface area contributed by atoms with Gasteiger partial charge in [-0.1, -0.05) is 26.0 Å². The van der Waals surface area contributed by atoms with Crippen LogP contribution in [0.5, 0.6) is 5.75 Å². The fraction of sp³-hybridized carbons (Fsp3) is 0.500. The molecule has 84 valence electrons. The summed E-state index contributed by atoms with van der Waals surface area (Å²) in [5.74, 6) is 5.84. The number of benzene rings is 1. The van der Waals surface area contributed by atoms with E-state index < -0.39 is 0 Å². The SMILES string of the molecule is CCc1ccc(C(C)(CC)NN)c(O)c1. The minimum absolute atomic E-state index is 0.316. The van der Waals surface area contributed by atoms with Crippen LogP contribution in [0.4, 0.5) is 0 Å². The molecule has 1 rings (SSSR count). The van der Waals surface area contributed by atoms with E-state index in [-0.39, 0.29) is 5.54 Å². The van der Waals surface area contributed by atoms with Crippen LogP contribution in [0, 0.1) is 0 Å². The Kier molecular flexibility index (Phi) is 3.72. The molecule has 0 amide bonds. The lowest BCUT2D eigenvalue weighted by Crippen LogP contribution is -2.43. The van der Waals surface area contributed by atoms with Gasteiger partial charge in [-0.05, 0) is 31.4 Å².